The maximum absolute atomic E-state index is 14.9. The van der Waals surface area contributed by atoms with E-state index in [0.717, 1.165) is 11.5 Å². The summed E-state index contributed by atoms with van der Waals surface area (Å²) < 4.78 is 43.2. The van der Waals surface area contributed by atoms with Crippen LogP contribution in [0.25, 0.3) is 5.57 Å². The molecule has 34 heavy (non-hydrogen) atoms. The van der Waals surface area contributed by atoms with Crippen molar-refractivity contribution in [2.45, 2.75) is 39.3 Å². The van der Waals surface area contributed by atoms with Crippen LogP contribution in [0.4, 0.5) is 10.1 Å². The highest BCUT2D eigenvalue weighted by Crippen LogP contribution is 2.32. The number of hydrogen-bond donors (Lipinski definition) is 0. The second kappa shape index (κ2) is 10.2. The number of amides is 2. The number of thiophene rings is 1. The van der Waals surface area contributed by atoms with Crippen molar-refractivity contribution < 1.29 is 22.4 Å². The summed E-state index contributed by atoms with van der Waals surface area (Å²) in [5.41, 5.74) is 0.691. The molecule has 3 rings (SSSR count). The Morgan fingerprint density at radius 2 is 1.94 bits per heavy atom. The molecule has 1 aromatic carbocycles. The number of rotatable bonds is 7. The Labute approximate surface area is 208 Å². The third-order valence-electron chi connectivity index (χ3n) is 5.47. The molecule has 0 bridgehead atoms. The molecule has 0 radical (unpaired) electrons. The molecule has 1 unspecified atom stereocenters. The van der Waals surface area contributed by atoms with Crippen LogP contribution in [0.2, 0.25) is 4.34 Å². The van der Waals surface area contributed by atoms with E-state index < -0.39 is 33.8 Å². The quantitative estimate of drug-likeness (QED) is 0.533. The van der Waals surface area contributed by atoms with Crippen molar-refractivity contribution in [1.82, 2.24) is 9.21 Å². The summed E-state index contributed by atoms with van der Waals surface area (Å²) in [5.74, 6) is -1.58. The highest BCUT2D eigenvalue weighted by molar-refractivity contribution is 7.92. The third-order valence-corrected chi connectivity index (χ3v) is 8.75. The van der Waals surface area contributed by atoms with E-state index in [-0.39, 0.29) is 30.1 Å². The molecular weight excluding hydrogens is 501 g/mol. The van der Waals surface area contributed by atoms with Gasteiger partial charge in [-0.1, -0.05) is 11.6 Å². The summed E-state index contributed by atoms with van der Waals surface area (Å²) in [5, 5.41) is 1.15. The Bertz CT molecular complexity index is 1240. The monoisotopic (exact) mass is 527 g/mol. The minimum absolute atomic E-state index is 0.0175. The second-order valence-corrected chi connectivity index (χ2v) is 11.9. The first kappa shape index (κ1) is 26.3. The smallest absolute Gasteiger partial charge is 0.253 e. The first-order chi connectivity index (χ1) is 15.8. The number of carbonyl (C=O) groups is 2. The molecule has 1 saturated heterocycles. The molecule has 2 heterocycles. The van der Waals surface area contributed by atoms with Gasteiger partial charge in [-0.15, -0.1) is 11.3 Å². The predicted molar refractivity (Wildman–Crippen MR) is 134 cm³/mol. The Balaban J connectivity index is 1.89. The van der Waals surface area contributed by atoms with Crippen LogP contribution in [0.1, 0.15) is 42.4 Å². The van der Waals surface area contributed by atoms with Crippen molar-refractivity contribution in [2.75, 3.05) is 25.5 Å². The van der Waals surface area contributed by atoms with Gasteiger partial charge in [-0.05, 0) is 63.1 Å². The molecule has 11 heteroatoms. The average Bonchev–Trinajstić information content (AvgIpc) is 3.33. The number of benzene rings is 1. The first-order valence-electron chi connectivity index (χ1n) is 10.6. The zero-order valence-corrected chi connectivity index (χ0v) is 22.0. The highest BCUT2D eigenvalue weighted by atomic mass is 35.5. The molecule has 2 aromatic rings. The predicted octanol–water partition coefficient (Wildman–Crippen LogP) is 4.45. The topological polar surface area (TPSA) is 78.0 Å². The molecule has 2 amide bonds. The summed E-state index contributed by atoms with van der Waals surface area (Å²) in [6, 6.07) is 5.89. The number of nitrogens with zero attached hydrogens (tertiary/aromatic N) is 3. The van der Waals surface area contributed by atoms with Gasteiger partial charge in [0, 0.05) is 37.1 Å². The lowest BCUT2D eigenvalue weighted by molar-refractivity contribution is -0.120. The van der Waals surface area contributed by atoms with Gasteiger partial charge in [0.1, 0.15) is 11.9 Å². The number of hydrogen-bond acceptors (Lipinski definition) is 5. The SMILES string of the molecule is C/C(=C\S(=O)(=O)N(C(C)C)C1CCN(c2ccc(C(=O)N(C)C)cc2F)C1=O)c1ccc(Cl)s1. The molecule has 7 nitrogen and oxygen atoms in total. The Kier molecular flexibility index (Phi) is 7.86. The van der Waals surface area contributed by atoms with Crippen LogP contribution in [0.3, 0.4) is 0 Å². The van der Waals surface area contributed by atoms with E-state index in [1.165, 1.54) is 37.6 Å². The van der Waals surface area contributed by atoms with Crippen molar-refractivity contribution in [3.63, 3.8) is 0 Å². The van der Waals surface area contributed by atoms with Crippen molar-refractivity contribution in [2.24, 2.45) is 0 Å². The van der Waals surface area contributed by atoms with Gasteiger partial charge in [-0.3, -0.25) is 9.59 Å². The summed E-state index contributed by atoms with van der Waals surface area (Å²) >= 11 is 7.23. The van der Waals surface area contributed by atoms with Crippen LogP contribution in [-0.2, 0) is 14.8 Å². The normalized spacial score (nSPS) is 17.2. The summed E-state index contributed by atoms with van der Waals surface area (Å²) in [6.07, 6.45) is 0.214. The second-order valence-electron chi connectivity index (χ2n) is 8.53. The van der Waals surface area contributed by atoms with Gasteiger partial charge in [0.2, 0.25) is 15.9 Å². The lowest BCUT2D eigenvalue weighted by Crippen LogP contribution is -2.48. The molecule has 0 N–H and O–H groups in total. The molecule has 1 aliphatic rings. The fourth-order valence-corrected chi connectivity index (χ4v) is 6.88. The molecule has 184 valence electrons. The van der Waals surface area contributed by atoms with Gasteiger partial charge < -0.3 is 9.80 Å². The van der Waals surface area contributed by atoms with Crippen molar-refractivity contribution in [1.29, 1.82) is 0 Å². The van der Waals surface area contributed by atoms with Crippen LogP contribution in [0, 0.1) is 5.82 Å². The van der Waals surface area contributed by atoms with Gasteiger partial charge in [0.25, 0.3) is 5.91 Å². The standard InChI is InChI=1S/C23H27ClFN3O4S2/c1-14(2)28(34(31,32)13-15(3)20-8-9-21(24)33-20)19-10-11-27(23(19)30)18-7-6-16(12-17(18)25)22(29)26(4)5/h6-9,12-14,19H,10-11H2,1-5H3/b15-13+. The van der Waals surface area contributed by atoms with Gasteiger partial charge in [0.05, 0.1) is 15.4 Å². The Morgan fingerprint density at radius 3 is 2.47 bits per heavy atom. The number of halogens is 2. The van der Waals surface area contributed by atoms with E-state index >= 15 is 0 Å². The Hall–Kier alpha value is -2.27. The lowest BCUT2D eigenvalue weighted by Gasteiger charge is -2.29. The fourth-order valence-electron chi connectivity index (χ4n) is 3.96. The van der Waals surface area contributed by atoms with Crippen molar-refractivity contribution >= 4 is 56.0 Å². The van der Waals surface area contributed by atoms with E-state index in [1.54, 1.807) is 47.0 Å². The van der Waals surface area contributed by atoms with Crippen LogP contribution in [0.5, 0.6) is 0 Å². The van der Waals surface area contributed by atoms with E-state index in [4.69, 9.17) is 11.6 Å². The molecular formula is C23H27ClFN3O4S2. The minimum Gasteiger partial charge on any atom is -0.345 e. The maximum Gasteiger partial charge on any atom is 0.253 e. The van der Waals surface area contributed by atoms with E-state index in [9.17, 15) is 22.4 Å². The fraction of sp³-hybridized carbons (Fsp3) is 0.391. The third kappa shape index (κ3) is 5.35. The largest absolute Gasteiger partial charge is 0.345 e. The molecule has 1 atom stereocenters. The van der Waals surface area contributed by atoms with Gasteiger partial charge in [-0.25, -0.2) is 12.8 Å². The number of sulfonamides is 1. The summed E-state index contributed by atoms with van der Waals surface area (Å²) in [6.45, 7) is 5.22. The average molecular weight is 528 g/mol. The molecule has 0 aliphatic carbocycles. The first-order valence-corrected chi connectivity index (χ1v) is 13.3. The number of carbonyl (C=O) groups excluding carboxylic acids is 2. The molecule has 0 spiro atoms. The summed E-state index contributed by atoms with van der Waals surface area (Å²) in [4.78, 5) is 28.7. The van der Waals surface area contributed by atoms with E-state index in [1.807, 2.05) is 0 Å². The van der Waals surface area contributed by atoms with E-state index in [2.05, 4.69) is 0 Å². The number of anilines is 1. The van der Waals surface area contributed by atoms with Gasteiger partial charge in [-0.2, -0.15) is 4.31 Å². The molecule has 1 fully saturated rings. The van der Waals surface area contributed by atoms with E-state index in [0.29, 0.717) is 14.8 Å². The molecule has 1 aliphatic heterocycles. The van der Waals surface area contributed by atoms with Crippen LogP contribution >= 0.6 is 22.9 Å². The number of allylic oxidation sites excluding steroid dienone is 1. The van der Waals surface area contributed by atoms with Crippen LogP contribution in [0.15, 0.2) is 35.7 Å². The maximum atomic E-state index is 14.9. The van der Waals surface area contributed by atoms with Crippen molar-refractivity contribution in [3.8, 4) is 0 Å². The minimum atomic E-state index is -3.98. The summed E-state index contributed by atoms with van der Waals surface area (Å²) in [7, 11) is -0.851. The molecule has 0 saturated carbocycles. The van der Waals surface area contributed by atoms with Crippen molar-refractivity contribution in [3.05, 3.63) is 56.3 Å². The van der Waals surface area contributed by atoms with Gasteiger partial charge >= 0.3 is 0 Å². The highest BCUT2D eigenvalue weighted by Gasteiger charge is 2.43. The van der Waals surface area contributed by atoms with Gasteiger partial charge in [0.15, 0.2) is 0 Å². The van der Waals surface area contributed by atoms with Crippen LogP contribution < -0.4 is 4.90 Å². The Morgan fingerprint density at radius 1 is 1.26 bits per heavy atom. The lowest BCUT2D eigenvalue weighted by atomic mass is 10.1. The zero-order chi connectivity index (χ0) is 25.4. The zero-order valence-electron chi connectivity index (χ0n) is 19.6. The molecule has 1 aromatic heterocycles. The van der Waals surface area contributed by atoms with Crippen LogP contribution in [-0.4, -0.2) is 62.2 Å².